The number of ether oxygens (including phenoxy) is 1. The number of nitrogens with zero attached hydrogens (tertiary/aromatic N) is 3. The van der Waals surface area contributed by atoms with Gasteiger partial charge in [-0.25, -0.2) is 4.98 Å². The van der Waals surface area contributed by atoms with E-state index < -0.39 is 0 Å². The summed E-state index contributed by atoms with van der Waals surface area (Å²) in [6, 6.07) is 8.73. The third-order valence-corrected chi connectivity index (χ3v) is 5.52. The standard InChI is InChI=1S/C20H29N5OS.HI/c1-3-12-26-18-7-6-16(14-22-18)15-23-20(21-2)24-17-8-10-25(11-9-17)19-5-4-13-27-19;/h4-7,13-14,17H,3,8-12,15H2,1-2H3,(H2,21,23,24);1H. The third kappa shape index (κ3) is 6.80. The van der Waals surface area contributed by atoms with Gasteiger partial charge in [-0.2, -0.15) is 0 Å². The summed E-state index contributed by atoms with van der Waals surface area (Å²) in [7, 11) is 1.82. The van der Waals surface area contributed by atoms with Gasteiger partial charge in [-0.1, -0.05) is 13.0 Å². The highest BCUT2D eigenvalue weighted by atomic mass is 127. The van der Waals surface area contributed by atoms with Gasteiger partial charge in [-0.05, 0) is 42.3 Å². The van der Waals surface area contributed by atoms with Crippen LogP contribution >= 0.6 is 35.3 Å². The first kappa shape index (κ1) is 22.7. The second kappa shape index (κ2) is 12.1. The smallest absolute Gasteiger partial charge is 0.213 e. The Kier molecular flexibility index (Phi) is 9.83. The summed E-state index contributed by atoms with van der Waals surface area (Å²) in [6.45, 7) is 5.64. The lowest BCUT2D eigenvalue weighted by molar-refractivity contribution is 0.305. The van der Waals surface area contributed by atoms with E-state index in [0.717, 1.165) is 43.9 Å². The molecular weight excluding hydrogens is 485 g/mol. The van der Waals surface area contributed by atoms with E-state index in [1.807, 2.05) is 36.7 Å². The normalized spacial score (nSPS) is 15.1. The molecule has 0 bridgehead atoms. The minimum absolute atomic E-state index is 0. The number of thiophene rings is 1. The molecule has 0 radical (unpaired) electrons. The Labute approximate surface area is 188 Å². The summed E-state index contributed by atoms with van der Waals surface area (Å²) >= 11 is 1.81. The van der Waals surface area contributed by atoms with E-state index in [-0.39, 0.29) is 24.0 Å². The van der Waals surface area contributed by atoms with Crippen LogP contribution in [0.25, 0.3) is 0 Å². The molecule has 0 unspecified atom stereocenters. The Morgan fingerprint density at radius 2 is 2.14 bits per heavy atom. The average Bonchev–Trinajstić information content (AvgIpc) is 3.25. The lowest BCUT2D eigenvalue weighted by Crippen LogP contribution is -2.48. The zero-order chi connectivity index (χ0) is 18.9. The highest BCUT2D eigenvalue weighted by Crippen LogP contribution is 2.24. The molecule has 2 N–H and O–H groups in total. The van der Waals surface area contributed by atoms with Gasteiger partial charge in [-0.3, -0.25) is 4.99 Å². The second-order valence-electron chi connectivity index (χ2n) is 6.64. The first-order valence-corrected chi connectivity index (χ1v) is 10.5. The number of piperidine rings is 1. The van der Waals surface area contributed by atoms with Crippen LogP contribution < -0.4 is 20.3 Å². The molecular formula is C20H30IN5OS. The van der Waals surface area contributed by atoms with Gasteiger partial charge in [0.15, 0.2) is 5.96 Å². The number of halogens is 1. The Hall–Kier alpha value is -1.55. The molecule has 1 fully saturated rings. The Morgan fingerprint density at radius 3 is 2.75 bits per heavy atom. The van der Waals surface area contributed by atoms with E-state index in [0.29, 0.717) is 25.1 Å². The second-order valence-corrected chi connectivity index (χ2v) is 7.56. The van der Waals surface area contributed by atoms with Gasteiger partial charge < -0.3 is 20.3 Å². The minimum Gasteiger partial charge on any atom is -0.478 e. The molecule has 0 atom stereocenters. The number of guanidine groups is 1. The first-order chi connectivity index (χ1) is 13.3. The fourth-order valence-electron chi connectivity index (χ4n) is 3.08. The molecule has 1 aliphatic heterocycles. The minimum atomic E-state index is 0. The van der Waals surface area contributed by atoms with Crippen molar-refractivity contribution >= 4 is 46.3 Å². The molecule has 28 heavy (non-hydrogen) atoms. The number of anilines is 1. The topological polar surface area (TPSA) is 61.8 Å². The Balaban J connectivity index is 0.00000280. The zero-order valence-electron chi connectivity index (χ0n) is 16.6. The number of hydrogen-bond acceptors (Lipinski definition) is 5. The molecule has 0 saturated carbocycles. The first-order valence-electron chi connectivity index (χ1n) is 9.62. The summed E-state index contributed by atoms with van der Waals surface area (Å²) in [5.74, 6) is 1.52. The van der Waals surface area contributed by atoms with E-state index in [2.05, 4.69) is 49.9 Å². The van der Waals surface area contributed by atoms with Crippen LogP contribution in [0.1, 0.15) is 31.7 Å². The molecule has 154 valence electrons. The van der Waals surface area contributed by atoms with Crippen molar-refractivity contribution in [2.75, 3.05) is 31.6 Å². The maximum Gasteiger partial charge on any atom is 0.213 e. The van der Waals surface area contributed by atoms with Crippen LogP contribution in [-0.2, 0) is 6.54 Å². The van der Waals surface area contributed by atoms with Crippen molar-refractivity contribution in [3.8, 4) is 5.88 Å². The highest BCUT2D eigenvalue weighted by molar-refractivity contribution is 14.0. The van der Waals surface area contributed by atoms with Crippen LogP contribution in [0.4, 0.5) is 5.00 Å². The predicted molar refractivity (Wildman–Crippen MR) is 128 cm³/mol. The van der Waals surface area contributed by atoms with Crippen LogP contribution in [0.3, 0.4) is 0 Å². The van der Waals surface area contributed by atoms with Crippen molar-refractivity contribution in [2.45, 2.75) is 38.8 Å². The number of pyridine rings is 1. The largest absolute Gasteiger partial charge is 0.478 e. The predicted octanol–water partition coefficient (Wildman–Crippen LogP) is 3.88. The van der Waals surface area contributed by atoms with Crippen molar-refractivity contribution in [1.29, 1.82) is 0 Å². The fourth-order valence-corrected chi connectivity index (χ4v) is 3.86. The van der Waals surface area contributed by atoms with Gasteiger partial charge in [0.2, 0.25) is 5.88 Å². The molecule has 0 aromatic carbocycles. The van der Waals surface area contributed by atoms with E-state index in [9.17, 15) is 0 Å². The molecule has 6 nitrogen and oxygen atoms in total. The zero-order valence-corrected chi connectivity index (χ0v) is 19.7. The molecule has 1 aliphatic rings. The highest BCUT2D eigenvalue weighted by Gasteiger charge is 2.20. The SMILES string of the molecule is CCCOc1ccc(CNC(=NC)NC2CCN(c3cccs3)CC2)cn1.I. The Morgan fingerprint density at radius 1 is 1.32 bits per heavy atom. The van der Waals surface area contributed by atoms with Crippen LogP contribution in [0, 0.1) is 0 Å². The van der Waals surface area contributed by atoms with Crippen molar-refractivity contribution in [3.05, 3.63) is 41.4 Å². The van der Waals surface area contributed by atoms with Crippen molar-refractivity contribution in [2.24, 2.45) is 4.99 Å². The number of rotatable bonds is 7. The monoisotopic (exact) mass is 515 g/mol. The van der Waals surface area contributed by atoms with E-state index in [1.54, 1.807) is 0 Å². The van der Waals surface area contributed by atoms with Crippen LogP contribution in [0.2, 0.25) is 0 Å². The summed E-state index contributed by atoms with van der Waals surface area (Å²) in [5, 5.41) is 10.4. The number of hydrogen-bond donors (Lipinski definition) is 2. The van der Waals surface area contributed by atoms with Crippen molar-refractivity contribution in [1.82, 2.24) is 15.6 Å². The summed E-state index contributed by atoms with van der Waals surface area (Å²) in [4.78, 5) is 11.2. The lowest BCUT2D eigenvalue weighted by Gasteiger charge is -2.33. The van der Waals surface area contributed by atoms with Crippen LogP contribution in [-0.4, -0.2) is 43.7 Å². The van der Waals surface area contributed by atoms with E-state index in [1.165, 1.54) is 5.00 Å². The molecule has 0 amide bonds. The molecule has 1 saturated heterocycles. The molecule has 3 rings (SSSR count). The fraction of sp³-hybridized carbons (Fsp3) is 0.500. The molecule has 8 heteroatoms. The summed E-state index contributed by atoms with van der Waals surface area (Å²) in [5.41, 5.74) is 1.11. The van der Waals surface area contributed by atoms with Crippen molar-refractivity contribution < 1.29 is 4.74 Å². The molecule has 2 aromatic rings. The van der Waals surface area contributed by atoms with E-state index >= 15 is 0 Å². The van der Waals surface area contributed by atoms with Gasteiger partial charge in [0.1, 0.15) is 0 Å². The molecule has 3 heterocycles. The average molecular weight is 515 g/mol. The molecule has 2 aromatic heterocycles. The lowest BCUT2D eigenvalue weighted by atomic mass is 10.1. The van der Waals surface area contributed by atoms with E-state index in [4.69, 9.17) is 4.74 Å². The molecule has 0 aliphatic carbocycles. The Bertz CT molecular complexity index is 700. The number of aliphatic imine (C=N–C) groups is 1. The third-order valence-electron chi connectivity index (χ3n) is 4.59. The van der Waals surface area contributed by atoms with Gasteiger partial charge >= 0.3 is 0 Å². The van der Waals surface area contributed by atoms with Gasteiger partial charge in [-0.15, -0.1) is 35.3 Å². The summed E-state index contributed by atoms with van der Waals surface area (Å²) < 4.78 is 5.52. The van der Waals surface area contributed by atoms with Gasteiger partial charge in [0, 0.05) is 45.0 Å². The number of aromatic nitrogens is 1. The maximum absolute atomic E-state index is 5.52. The van der Waals surface area contributed by atoms with Gasteiger partial charge in [0.05, 0.1) is 11.6 Å². The van der Waals surface area contributed by atoms with Crippen LogP contribution in [0.5, 0.6) is 5.88 Å². The molecule has 0 spiro atoms. The summed E-state index contributed by atoms with van der Waals surface area (Å²) in [6.07, 6.45) is 5.07. The quantitative estimate of drug-likeness (QED) is 0.333. The maximum atomic E-state index is 5.52. The van der Waals surface area contributed by atoms with Crippen molar-refractivity contribution in [3.63, 3.8) is 0 Å². The van der Waals surface area contributed by atoms with Gasteiger partial charge in [0.25, 0.3) is 0 Å². The van der Waals surface area contributed by atoms with Crippen LogP contribution in [0.15, 0.2) is 40.8 Å². The number of nitrogens with one attached hydrogen (secondary N) is 2.